The fraction of sp³-hybridized carbons (Fsp3) is 0.542. The van der Waals surface area contributed by atoms with Crippen molar-refractivity contribution in [2.75, 3.05) is 25.5 Å². The first-order valence-corrected chi connectivity index (χ1v) is 11.7. The van der Waals surface area contributed by atoms with Gasteiger partial charge in [-0.05, 0) is 37.3 Å². The largest absolute Gasteiger partial charge is 0.396 e. The zero-order valence-corrected chi connectivity index (χ0v) is 19.3. The van der Waals surface area contributed by atoms with E-state index in [4.69, 9.17) is 11.6 Å². The number of nitrogens with zero attached hydrogens (tertiary/aromatic N) is 1. The van der Waals surface area contributed by atoms with Crippen LogP contribution in [0.5, 0.6) is 0 Å². The average molecular weight is 462 g/mol. The number of anilines is 1. The zero-order valence-electron chi connectivity index (χ0n) is 18.6. The van der Waals surface area contributed by atoms with E-state index in [2.05, 4.69) is 17.6 Å². The minimum atomic E-state index is -0.742. The lowest BCUT2D eigenvalue weighted by Gasteiger charge is -2.34. The van der Waals surface area contributed by atoms with Crippen LogP contribution in [-0.2, 0) is 14.4 Å². The number of hydrogen-bond acceptors (Lipinski definition) is 4. The molecule has 1 aromatic rings. The molecule has 174 valence electrons. The van der Waals surface area contributed by atoms with E-state index in [9.17, 15) is 19.5 Å². The maximum Gasteiger partial charge on any atom is 0.247 e. The number of carbonyl (C=O) groups is 3. The Morgan fingerprint density at radius 3 is 2.56 bits per heavy atom. The predicted molar refractivity (Wildman–Crippen MR) is 124 cm³/mol. The molecule has 1 aromatic carbocycles. The van der Waals surface area contributed by atoms with Crippen molar-refractivity contribution in [1.29, 1.82) is 0 Å². The summed E-state index contributed by atoms with van der Waals surface area (Å²) in [6.45, 7) is 2.42. The highest BCUT2D eigenvalue weighted by molar-refractivity contribution is 6.33. The molecule has 1 heterocycles. The number of halogens is 1. The van der Waals surface area contributed by atoms with Crippen LogP contribution in [0.15, 0.2) is 36.4 Å². The van der Waals surface area contributed by atoms with E-state index in [1.807, 2.05) is 12.2 Å². The van der Waals surface area contributed by atoms with Gasteiger partial charge in [0.1, 0.15) is 6.04 Å². The molecule has 0 saturated carbocycles. The molecule has 3 amide bonds. The van der Waals surface area contributed by atoms with Gasteiger partial charge >= 0.3 is 0 Å². The number of likely N-dealkylation sites (tertiary alicyclic amines) is 1. The summed E-state index contributed by atoms with van der Waals surface area (Å²) in [5.74, 6) is -2.22. The van der Waals surface area contributed by atoms with Crippen molar-refractivity contribution in [3.63, 3.8) is 0 Å². The third-order valence-electron chi connectivity index (χ3n) is 6.49. The van der Waals surface area contributed by atoms with Crippen LogP contribution in [0, 0.1) is 23.7 Å². The fourth-order valence-corrected chi connectivity index (χ4v) is 5.22. The molecule has 32 heavy (non-hydrogen) atoms. The van der Waals surface area contributed by atoms with E-state index >= 15 is 0 Å². The summed E-state index contributed by atoms with van der Waals surface area (Å²) in [5.41, 5.74) is 0.483. The van der Waals surface area contributed by atoms with Gasteiger partial charge in [-0.2, -0.15) is 0 Å². The zero-order chi connectivity index (χ0) is 23.3. The fourth-order valence-electron chi connectivity index (χ4n) is 5.03. The average Bonchev–Trinajstić information content (AvgIpc) is 3.07. The second kappa shape index (κ2) is 11.0. The number of unbranched alkanes of at least 4 members (excludes halogenated alkanes) is 1. The van der Waals surface area contributed by atoms with Crippen molar-refractivity contribution in [3.05, 3.63) is 41.4 Å². The lowest BCUT2D eigenvalue weighted by atomic mass is 9.68. The van der Waals surface area contributed by atoms with Crippen molar-refractivity contribution in [2.24, 2.45) is 23.7 Å². The van der Waals surface area contributed by atoms with Crippen LogP contribution < -0.4 is 10.6 Å². The number of fused-ring (bicyclic) bond motifs is 1. The van der Waals surface area contributed by atoms with Gasteiger partial charge in [0.15, 0.2) is 0 Å². The predicted octanol–water partition coefficient (Wildman–Crippen LogP) is 2.84. The topological polar surface area (TPSA) is 98.7 Å². The lowest BCUT2D eigenvalue weighted by Crippen LogP contribution is -2.45. The highest BCUT2D eigenvalue weighted by Crippen LogP contribution is 2.45. The SMILES string of the molecule is CCC[C@@H]1C=C[C@H]2[C@@H](C(=O)N(CCCCO)[C@@H]2C(=O)Nc2ccccc2Cl)[C@@H]1C(=O)NC. The van der Waals surface area contributed by atoms with Crippen molar-refractivity contribution in [3.8, 4) is 0 Å². The molecule has 1 aliphatic heterocycles. The number of aliphatic hydroxyl groups excluding tert-OH is 1. The molecule has 0 radical (unpaired) electrons. The van der Waals surface area contributed by atoms with Gasteiger partial charge in [-0.1, -0.05) is 49.2 Å². The number of rotatable bonds is 9. The molecule has 0 unspecified atom stereocenters. The molecule has 3 N–H and O–H groups in total. The van der Waals surface area contributed by atoms with E-state index in [0.29, 0.717) is 30.1 Å². The maximum absolute atomic E-state index is 13.6. The minimum absolute atomic E-state index is 0.0186. The molecule has 1 saturated heterocycles. The van der Waals surface area contributed by atoms with E-state index in [1.54, 1.807) is 36.2 Å². The summed E-state index contributed by atoms with van der Waals surface area (Å²) in [6.07, 6.45) is 6.75. The van der Waals surface area contributed by atoms with Gasteiger partial charge in [0, 0.05) is 26.1 Å². The summed E-state index contributed by atoms with van der Waals surface area (Å²) in [5, 5.41) is 15.2. The van der Waals surface area contributed by atoms with Gasteiger partial charge in [-0.3, -0.25) is 14.4 Å². The minimum Gasteiger partial charge on any atom is -0.396 e. The number of nitrogens with one attached hydrogen (secondary N) is 2. The molecular formula is C24H32ClN3O4. The molecule has 1 fully saturated rings. The molecule has 0 bridgehead atoms. The molecular weight excluding hydrogens is 430 g/mol. The summed E-state index contributed by atoms with van der Waals surface area (Å²) >= 11 is 6.23. The van der Waals surface area contributed by atoms with E-state index in [1.165, 1.54) is 0 Å². The Bertz CT molecular complexity index is 875. The van der Waals surface area contributed by atoms with Gasteiger partial charge in [0.25, 0.3) is 0 Å². The van der Waals surface area contributed by atoms with Gasteiger partial charge in [-0.15, -0.1) is 0 Å². The number of benzene rings is 1. The Morgan fingerprint density at radius 1 is 1.16 bits per heavy atom. The number of carbonyl (C=O) groups excluding carboxylic acids is 3. The Kier molecular flexibility index (Phi) is 8.32. The van der Waals surface area contributed by atoms with Crippen LogP contribution in [0.25, 0.3) is 0 Å². The second-order valence-electron chi connectivity index (χ2n) is 8.46. The highest BCUT2D eigenvalue weighted by atomic mass is 35.5. The smallest absolute Gasteiger partial charge is 0.247 e. The van der Waals surface area contributed by atoms with Crippen molar-refractivity contribution in [2.45, 2.75) is 38.6 Å². The molecule has 2 aliphatic rings. The van der Waals surface area contributed by atoms with Crippen molar-refractivity contribution >= 4 is 35.0 Å². The Hall–Kier alpha value is -2.38. The molecule has 0 aromatic heterocycles. The van der Waals surface area contributed by atoms with E-state index in [0.717, 1.165) is 12.8 Å². The van der Waals surface area contributed by atoms with Crippen LogP contribution in [0.4, 0.5) is 5.69 Å². The van der Waals surface area contributed by atoms with Crippen LogP contribution in [0.3, 0.4) is 0 Å². The second-order valence-corrected chi connectivity index (χ2v) is 8.86. The van der Waals surface area contributed by atoms with Crippen molar-refractivity contribution < 1.29 is 19.5 Å². The van der Waals surface area contributed by atoms with E-state index < -0.39 is 23.8 Å². The summed E-state index contributed by atoms with van der Waals surface area (Å²) in [7, 11) is 1.58. The van der Waals surface area contributed by atoms with Crippen LogP contribution in [0.1, 0.15) is 32.6 Å². The monoisotopic (exact) mass is 461 g/mol. The van der Waals surface area contributed by atoms with Crippen LogP contribution >= 0.6 is 11.6 Å². The molecule has 7 nitrogen and oxygen atoms in total. The van der Waals surface area contributed by atoms with Gasteiger partial charge in [0.05, 0.1) is 22.5 Å². The molecule has 8 heteroatoms. The van der Waals surface area contributed by atoms with Crippen molar-refractivity contribution in [1.82, 2.24) is 10.2 Å². The number of aliphatic hydroxyl groups is 1. The third-order valence-corrected chi connectivity index (χ3v) is 6.82. The highest BCUT2D eigenvalue weighted by Gasteiger charge is 2.56. The summed E-state index contributed by atoms with van der Waals surface area (Å²) in [4.78, 5) is 41.5. The maximum atomic E-state index is 13.6. The number of amides is 3. The standard InChI is InChI=1S/C24H32ClN3O4/c1-3-8-15-11-12-16-20(19(15)22(30)26-2)24(32)28(13-6-7-14-29)21(16)23(31)27-18-10-5-4-9-17(18)25/h4-5,9-12,15-16,19-21,29H,3,6-8,13-14H2,1-2H3,(H,26,30)(H,27,31)/t15-,16+,19-,20-,21+/m1/s1. The number of allylic oxidation sites excluding steroid dienone is 1. The summed E-state index contributed by atoms with van der Waals surface area (Å²) < 4.78 is 0. The van der Waals surface area contributed by atoms with Gasteiger partial charge in [-0.25, -0.2) is 0 Å². The van der Waals surface area contributed by atoms with Crippen LogP contribution in [-0.4, -0.2) is 54.0 Å². The van der Waals surface area contributed by atoms with Gasteiger partial charge < -0.3 is 20.6 Å². The molecule has 1 aliphatic carbocycles. The Balaban J connectivity index is 1.96. The number of para-hydroxylation sites is 1. The Morgan fingerprint density at radius 2 is 1.91 bits per heavy atom. The molecule has 3 rings (SSSR count). The first-order chi connectivity index (χ1) is 15.4. The van der Waals surface area contributed by atoms with Crippen LogP contribution in [0.2, 0.25) is 5.02 Å². The molecule has 0 spiro atoms. The Labute approximate surface area is 194 Å². The van der Waals surface area contributed by atoms with E-state index in [-0.39, 0.29) is 30.2 Å². The first-order valence-electron chi connectivity index (χ1n) is 11.3. The number of hydrogen-bond donors (Lipinski definition) is 3. The quantitative estimate of drug-likeness (QED) is 0.389. The third kappa shape index (κ3) is 4.84. The lowest BCUT2D eigenvalue weighted by molar-refractivity contribution is -0.140. The normalized spacial score (nSPS) is 26.7. The first kappa shape index (κ1) is 24.3. The molecule has 5 atom stereocenters. The summed E-state index contributed by atoms with van der Waals surface area (Å²) in [6, 6.07) is 6.22. The van der Waals surface area contributed by atoms with Gasteiger partial charge in [0.2, 0.25) is 17.7 Å².